The van der Waals surface area contributed by atoms with Crippen LogP contribution in [0.2, 0.25) is 0 Å². The van der Waals surface area contributed by atoms with Gasteiger partial charge in [0.05, 0.1) is 11.0 Å². The summed E-state index contributed by atoms with van der Waals surface area (Å²) in [5, 5.41) is 5.61. The number of aryl methyl sites for hydroxylation is 1. The Morgan fingerprint density at radius 3 is 2.50 bits per heavy atom. The summed E-state index contributed by atoms with van der Waals surface area (Å²) in [5.41, 5.74) is 2.67. The van der Waals surface area contributed by atoms with Crippen molar-refractivity contribution in [1.29, 1.82) is 0 Å². The number of urea groups is 1. The number of aromatic nitrogens is 2. The van der Waals surface area contributed by atoms with Crippen molar-refractivity contribution in [3.05, 3.63) is 48.5 Å². The SMILES string of the molecule is Cn1c(-c2ccc(NC(=O)CN3C(=O)NC4(CCCCC4)C3=O)cc2)nc2ccccc21. The molecule has 2 aliphatic rings. The van der Waals surface area contributed by atoms with Crippen molar-refractivity contribution in [2.24, 2.45) is 7.05 Å². The summed E-state index contributed by atoms with van der Waals surface area (Å²) < 4.78 is 2.03. The highest BCUT2D eigenvalue weighted by molar-refractivity contribution is 6.10. The third-order valence-corrected chi connectivity index (χ3v) is 6.47. The molecular weight excluding hydrogens is 406 g/mol. The van der Waals surface area contributed by atoms with Gasteiger partial charge < -0.3 is 15.2 Å². The van der Waals surface area contributed by atoms with E-state index < -0.39 is 17.5 Å². The minimum Gasteiger partial charge on any atom is -0.327 e. The number of benzene rings is 2. The predicted octanol–water partition coefficient (Wildman–Crippen LogP) is 3.43. The molecule has 0 bridgehead atoms. The lowest BCUT2D eigenvalue weighted by Crippen LogP contribution is -2.48. The maximum atomic E-state index is 12.8. The number of anilines is 1. The number of hydrogen-bond donors (Lipinski definition) is 2. The van der Waals surface area contributed by atoms with Crippen LogP contribution >= 0.6 is 0 Å². The Morgan fingerprint density at radius 2 is 1.78 bits per heavy atom. The second-order valence-electron chi connectivity index (χ2n) is 8.57. The minimum absolute atomic E-state index is 0.283. The van der Waals surface area contributed by atoms with Crippen molar-refractivity contribution in [3.8, 4) is 11.4 Å². The molecule has 2 fully saturated rings. The van der Waals surface area contributed by atoms with Crippen LogP contribution < -0.4 is 10.6 Å². The molecule has 1 spiro atoms. The van der Waals surface area contributed by atoms with Crippen LogP contribution in [0, 0.1) is 0 Å². The molecule has 0 unspecified atom stereocenters. The van der Waals surface area contributed by atoms with Crippen LogP contribution in [-0.4, -0.2) is 44.4 Å². The fourth-order valence-corrected chi connectivity index (χ4v) is 4.76. The highest BCUT2D eigenvalue weighted by Gasteiger charge is 2.51. The first-order valence-corrected chi connectivity index (χ1v) is 10.9. The van der Waals surface area contributed by atoms with E-state index in [-0.39, 0.29) is 12.5 Å². The summed E-state index contributed by atoms with van der Waals surface area (Å²) >= 11 is 0. The van der Waals surface area contributed by atoms with Crippen LogP contribution in [0.4, 0.5) is 10.5 Å². The zero-order chi connectivity index (χ0) is 22.3. The van der Waals surface area contributed by atoms with Gasteiger partial charge in [0.2, 0.25) is 5.91 Å². The summed E-state index contributed by atoms with van der Waals surface area (Å²) in [4.78, 5) is 43.5. The van der Waals surface area contributed by atoms with Gasteiger partial charge in [0, 0.05) is 18.3 Å². The number of amides is 4. The van der Waals surface area contributed by atoms with Crippen molar-refractivity contribution < 1.29 is 14.4 Å². The Hall–Kier alpha value is -3.68. The average Bonchev–Trinajstić information content (AvgIpc) is 3.24. The molecule has 2 N–H and O–H groups in total. The third kappa shape index (κ3) is 3.41. The zero-order valence-electron chi connectivity index (χ0n) is 17.9. The molecule has 2 aromatic carbocycles. The monoisotopic (exact) mass is 431 g/mol. The number of nitrogens with one attached hydrogen (secondary N) is 2. The molecule has 164 valence electrons. The topological polar surface area (TPSA) is 96.3 Å². The van der Waals surface area contributed by atoms with Crippen LogP contribution in [-0.2, 0) is 16.6 Å². The number of rotatable bonds is 4. The molecule has 1 aliphatic carbocycles. The van der Waals surface area contributed by atoms with Gasteiger partial charge in [0.15, 0.2) is 0 Å². The lowest BCUT2D eigenvalue weighted by atomic mass is 9.82. The number of nitrogens with zero attached hydrogens (tertiary/aromatic N) is 3. The van der Waals surface area contributed by atoms with E-state index in [4.69, 9.17) is 0 Å². The largest absolute Gasteiger partial charge is 0.327 e. The highest BCUT2D eigenvalue weighted by Crippen LogP contribution is 2.33. The van der Waals surface area contributed by atoms with Gasteiger partial charge in [-0.05, 0) is 49.2 Å². The molecule has 8 heteroatoms. The van der Waals surface area contributed by atoms with E-state index in [9.17, 15) is 14.4 Å². The van der Waals surface area contributed by atoms with Gasteiger partial charge in [-0.1, -0.05) is 31.4 Å². The summed E-state index contributed by atoms with van der Waals surface area (Å²) in [7, 11) is 1.97. The molecule has 1 aliphatic heterocycles. The van der Waals surface area contributed by atoms with E-state index in [1.165, 1.54) is 0 Å². The summed E-state index contributed by atoms with van der Waals surface area (Å²) in [6.45, 7) is -0.293. The number of imidazole rings is 1. The van der Waals surface area contributed by atoms with Crippen LogP contribution in [0.5, 0.6) is 0 Å². The van der Waals surface area contributed by atoms with Gasteiger partial charge in [-0.25, -0.2) is 9.78 Å². The Bertz CT molecular complexity index is 1210. The van der Waals surface area contributed by atoms with E-state index in [2.05, 4.69) is 15.6 Å². The maximum Gasteiger partial charge on any atom is 0.325 e. The standard InChI is InChI=1S/C24H25N5O3/c1-28-19-8-4-3-7-18(19)26-21(28)16-9-11-17(12-10-16)25-20(30)15-29-22(31)24(27-23(29)32)13-5-2-6-14-24/h3-4,7-12H,2,5-6,13-15H2,1H3,(H,25,30)(H,27,32). The minimum atomic E-state index is -0.817. The lowest BCUT2D eigenvalue weighted by molar-refractivity contribution is -0.134. The zero-order valence-corrected chi connectivity index (χ0v) is 17.9. The first-order chi connectivity index (χ1) is 15.5. The first kappa shape index (κ1) is 20.2. The fraction of sp³-hybridized carbons (Fsp3) is 0.333. The molecule has 0 atom stereocenters. The smallest absolute Gasteiger partial charge is 0.325 e. The number of carbonyl (C=O) groups excluding carboxylic acids is 3. The number of para-hydroxylation sites is 2. The van der Waals surface area contributed by atoms with Crippen LogP contribution in [0.15, 0.2) is 48.5 Å². The first-order valence-electron chi connectivity index (χ1n) is 10.9. The average molecular weight is 431 g/mol. The fourth-order valence-electron chi connectivity index (χ4n) is 4.76. The lowest BCUT2D eigenvalue weighted by Gasteiger charge is -2.30. The third-order valence-electron chi connectivity index (χ3n) is 6.47. The van der Waals surface area contributed by atoms with E-state index in [0.29, 0.717) is 18.5 Å². The molecule has 0 radical (unpaired) electrons. The highest BCUT2D eigenvalue weighted by atomic mass is 16.2. The van der Waals surface area contributed by atoms with E-state index in [0.717, 1.165) is 46.6 Å². The van der Waals surface area contributed by atoms with Crippen molar-refractivity contribution in [1.82, 2.24) is 19.8 Å². The number of imide groups is 1. The molecule has 5 rings (SSSR count). The molecule has 3 aromatic rings. The quantitative estimate of drug-likeness (QED) is 0.619. The molecule has 4 amide bonds. The molecule has 1 saturated heterocycles. The number of hydrogen-bond acceptors (Lipinski definition) is 4. The van der Waals surface area contributed by atoms with Gasteiger partial charge >= 0.3 is 6.03 Å². The molecule has 2 heterocycles. The normalized spacial score (nSPS) is 17.7. The summed E-state index contributed by atoms with van der Waals surface area (Å²) in [6, 6.07) is 14.8. The Morgan fingerprint density at radius 1 is 1.06 bits per heavy atom. The summed E-state index contributed by atoms with van der Waals surface area (Å²) in [6.07, 6.45) is 4.16. The Kier molecular flexibility index (Phi) is 4.92. The Balaban J connectivity index is 1.26. The van der Waals surface area contributed by atoms with Gasteiger partial charge in [-0.3, -0.25) is 14.5 Å². The maximum absolute atomic E-state index is 12.8. The van der Waals surface area contributed by atoms with E-state index in [1.807, 2.05) is 48.0 Å². The molecule has 1 aromatic heterocycles. The van der Waals surface area contributed by atoms with E-state index >= 15 is 0 Å². The predicted molar refractivity (Wildman–Crippen MR) is 121 cm³/mol. The van der Waals surface area contributed by atoms with Crippen molar-refractivity contribution >= 4 is 34.6 Å². The van der Waals surface area contributed by atoms with Crippen molar-refractivity contribution in [3.63, 3.8) is 0 Å². The van der Waals surface area contributed by atoms with Crippen LogP contribution in [0.1, 0.15) is 32.1 Å². The second kappa shape index (κ2) is 7.78. The molecule has 32 heavy (non-hydrogen) atoms. The van der Waals surface area contributed by atoms with Gasteiger partial charge in [0.25, 0.3) is 5.91 Å². The molecular formula is C24H25N5O3. The van der Waals surface area contributed by atoms with Gasteiger partial charge in [-0.2, -0.15) is 0 Å². The van der Waals surface area contributed by atoms with Crippen molar-refractivity contribution in [2.45, 2.75) is 37.6 Å². The number of fused-ring (bicyclic) bond motifs is 1. The van der Waals surface area contributed by atoms with Gasteiger partial charge in [0.1, 0.15) is 17.9 Å². The van der Waals surface area contributed by atoms with Crippen molar-refractivity contribution in [2.75, 3.05) is 11.9 Å². The van der Waals surface area contributed by atoms with E-state index in [1.54, 1.807) is 12.1 Å². The van der Waals surface area contributed by atoms with Crippen LogP contribution in [0.25, 0.3) is 22.4 Å². The Labute approximate surface area is 185 Å². The second-order valence-corrected chi connectivity index (χ2v) is 8.57. The van der Waals surface area contributed by atoms with Gasteiger partial charge in [-0.15, -0.1) is 0 Å². The number of carbonyl (C=O) groups is 3. The molecule has 1 saturated carbocycles. The van der Waals surface area contributed by atoms with Crippen LogP contribution in [0.3, 0.4) is 0 Å². The summed E-state index contributed by atoms with van der Waals surface area (Å²) in [5.74, 6) is 0.146. The molecule has 8 nitrogen and oxygen atoms in total.